The van der Waals surface area contributed by atoms with E-state index in [-0.39, 0.29) is 11.2 Å². The zero-order valence-corrected chi connectivity index (χ0v) is 12.7. The fourth-order valence-electron chi connectivity index (χ4n) is 1.65. The van der Waals surface area contributed by atoms with Gasteiger partial charge in [-0.1, -0.05) is 32.9 Å². The summed E-state index contributed by atoms with van der Waals surface area (Å²) in [5.41, 5.74) is 1.39. The van der Waals surface area contributed by atoms with Gasteiger partial charge in [-0.2, -0.15) is 0 Å². The molecule has 0 heterocycles. The number of benzene rings is 1. The SMILES string of the molecule is CC(C)(C)c1ccc(OCCCCS(N)(=O)=O)cc1. The van der Waals surface area contributed by atoms with Crippen LogP contribution in [-0.2, 0) is 15.4 Å². The topological polar surface area (TPSA) is 69.4 Å². The minimum atomic E-state index is -3.35. The van der Waals surface area contributed by atoms with Gasteiger partial charge in [-0.15, -0.1) is 0 Å². The highest BCUT2D eigenvalue weighted by molar-refractivity contribution is 7.89. The van der Waals surface area contributed by atoms with Crippen LogP contribution in [0.5, 0.6) is 5.75 Å². The number of rotatable bonds is 6. The Bertz CT molecular complexity index is 486. The zero-order valence-electron chi connectivity index (χ0n) is 11.8. The van der Waals surface area contributed by atoms with Gasteiger partial charge < -0.3 is 4.74 Å². The number of hydrogen-bond acceptors (Lipinski definition) is 3. The summed E-state index contributed by atoms with van der Waals surface area (Å²) in [5, 5.41) is 4.92. The van der Waals surface area contributed by atoms with Gasteiger partial charge in [0.1, 0.15) is 5.75 Å². The van der Waals surface area contributed by atoms with Crippen molar-refractivity contribution in [1.82, 2.24) is 0 Å². The van der Waals surface area contributed by atoms with Gasteiger partial charge in [0.15, 0.2) is 0 Å². The van der Waals surface area contributed by atoms with Crippen LogP contribution in [0.25, 0.3) is 0 Å². The van der Waals surface area contributed by atoms with Gasteiger partial charge >= 0.3 is 0 Å². The van der Waals surface area contributed by atoms with E-state index >= 15 is 0 Å². The Balaban J connectivity index is 2.35. The van der Waals surface area contributed by atoms with Gasteiger partial charge in [0.2, 0.25) is 10.0 Å². The average Bonchev–Trinajstić information content (AvgIpc) is 2.26. The Labute approximate surface area is 116 Å². The molecule has 0 radical (unpaired) electrons. The molecule has 5 heteroatoms. The first kappa shape index (κ1) is 16.0. The summed E-state index contributed by atoms with van der Waals surface area (Å²) in [7, 11) is -3.35. The maximum Gasteiger partial charge on any atom is 0.209 e. The van der Waals surface area contributed by atoms with Crippen molar-refractivity contribution in [1.29, 1.82) is 0 Å². The molecule has 0 bridgehead atoms. The standard InChI is InChI=1S/C14H23NO3S/c1-14(2,3)12-6-8-13(9-7-12)18-10-4-5-11-19(15,16)17/h6-9H,4-5,10-11H2,1-3H3,(H2,15,16,17). The van der Waals surface area contributed by atoms with E-state index in [2.05, 4.69) is 32.9 Å². The number of hydrogen-bond donors (Lipinski definition) is 1. The van der Waals surface area contributed by atoms with Crippen molar-refractivity contribution < 1.29 is 13.2 Å². The molecule has 0 aliphatic rings. The monoisotopic (exact) mass is 285 g/mol. The summed E-state index contributed by atoms with van der Waals surface area (Å²) in [6.07, 6.45) is 1.20. The largest absolute Gasteiger partial charge is 0.494 e. The molecule has 0 amide bonds. The highest BCUT2D eigenvalue weighted by Gasteiger charge is 2.12. The summed E-state index contributed by atoms with van der Waals surface area (Å²) in [4.78, 5) is 0. The molecule has 0 aliphatic heterocycles. The second-order valence-electron chi connectivity index (χ2n) is 5.70. The van der Waals surface area contributed by atoms with E-state index in [1.807, 2.05) is 12.1 Å². The van der Waals surface area contributed by atoms with Crippen molar-refractivity contribution in [2.45, 2.75) is 39.0 Å². The molecule has 1 rings (SSSR count). The van der Waals surface area contributed by atoms with Gasteiger partial charge in [0, 0.05) is 0 Å². The lowest BCUT2D eigenvalue weighted by Gasteiger charge is -2.19. The first-order chi connectivity index (χ1) is 8.68. The lowest BCUT2D eigenvalue weighted by atomic mass is 9.87. The van der Waals surface area contributed by atoms with E-state index in [9.17, 15) is 8.42 Å². The quantitative estimate of drug-likeness (QED) is 0.816. The third-order valence-corrected chi connectivity index (χ3v) is 3.67. The molecule has 0 atom stereocenters. The van der Waals surface area contributed by atoms with Crippen LogP contribution < -0.4 is 9.88 Å². The lowest BCUT2D eigenvalue weighted by molar-refractivity contribution is 0.309. The van der Waals surface area contributed by atoms with E-state index in [1.54, 1.807) is 0 Å². The molecular weight excluding hydrogens is 262 g/mol. The van der Waals surface area contributed by atoms with Gasteiger partial charge in [0.05, 0.1) is 12.4 Å². The highest BCUT2D eigenvalue weighted by atomic mass is 32.2. The first-order valence-corrected chi connectivity index (χ1v) is 8.14. The molecule has 1 aromatic carbocycles. The number of nitrogens with two attached hydrogens (primary N) is 1. The smallest absolute Gasteiger partial charge is 0.209 e. The molecule has 0 saturated carbocycles. The minimum absolute atomic E-state index is 0.0132. The Morgan fingerprint density at radius 1 is 1.11 bits per heavy atom. The van der Waals surface area contributed by atoms with E-state index < -0.39 is 10.0 Å². The van der Waals surface area contributed by atoms with E-state index in [0.717, 1.165) is 5.75 Å². The van der Waals surface area contributed by atoms with Crippen LogP contribution >= 0.6 is 0 Å². The molecule has 108 valence electrons. The lowest BCUT2D eigenvalue weighted by Crippen LogP contribution is -2.16. The van der Waals surface area contributed by atoms with E-state index in [4.69, 9.17) is 9.88 Å². The summed E-state index contributed by atoms with van der Waals surface area (Å²) >= 11 is 0. The number of ether oxygens (including phenoxy) is 1. The van der Waals surface area contributed by atoms with Crippen LogP contribution in [-0.4, -0.2) is 20.8 Å². The number of sulfonamides is 1. The van der Waals surface area contributed by atoms with Crippen molar-refractivity contribution in [2.75, 3.05) is 12.4 Å². The van der Waals surface area contributed by atoms with Crippen molar-refractivity contribution in [3.05, 3.63) is 29.8 Å². The van der Waals surface area contributed by atoms with Gasteiger partial charge in [0.25, 0.3) is 0 Å². The Morgan fingerprint density at radius 2 is 1.68 bits per heavy atom. The maximum absolute atomic E-state index is 10.7. The molecule has 19 heavy (non-hydrogen) atoms. The normalized spacial score (nSPS) is 12.4. The molecular formula is C14H23NO3S. The fraction of sp³-hybridized carbons (Fsp3) is 0.571. The van der Waals surface area contributed by atoms with Crippen LogP contribution in [0.4, 0.5) is 0 Å². The van der Waals surface area contributed by atoms with Crippen LogP contribution in [0.3, 0.4) is 0 Å². The first-order valence-electron chi connectivity index (χ1n) is 6.42. The van der Waals surface area contributed by atoms with Gasteiger partial charge in [-0.3, -0.25) is 0 Å². The minimum Gasteiger partial charge on any atom is -0.494 e. The van der Waals surface area contributed by atoms with Crippen molar-refractivity contribution in [3.8, 4) is 5.75 Å². The van der Waals surface area contributed by atoms with Crippen LogP contribution in [0.2, 0.25) is 0 Å². The van der Waals surface area contributed by atoms with Gasteiger partial charge in [-0.05, 0) is 36.0 Å². The predicted molar refractivity (Wildman–Crippen MR) is 77.8 cm³/mol. The zero-order chi connectivity index (χ0) is 14.5. The molecule has 0 aromatic heterocycles. The predicted octanol–water partition coefficient (Wildman–Crippen LogP) is 2.43. The number of unbranched alkanes of at least 4 members (excludes halogenated alkanes) is 1. The van der Waals surface area contributed by atoms with Crippen LogP contribution in [0, 0.1) is 0 Å². The summed E-state index contributed by atoms with van der Waals surface area (Å²) in [5.74, 6) is 0.822. The Hall–Kier alpha value is -1.07. The summed E-state index contributed by atoms with van der Waals surface area (Å²) < 4.78 is 27.0. The van der Waals surface area contributed by atoms with Crippen molar-refractivity contribution >= 4 is 10.0 Å². The van der Waals surface area contributed by atoms with Crippen LogP contribution in [0.15, 0.2) is 24.3 Å². The molecule has 0 saturated heterocycles. The molecule has 2 N–H and O–H groups in total. The molecule has 0 fully saturated rings. The maximum atomic E-state index is 10.7. The van der Waals surface area contributed by atoms with Gasteiger partial charge in [-0.25, -0.2) is 13.6 Å². The third-order valence-electron chi connectivity index (χ3n) is 2.81. The third kappa shape index (κ3) is 6.59. The fourth-order valence-corrected chi connectivity index (χ4v) is 2.25. The number of primary sulfonamides is 1. The summed E-state index contributed by atoms with van der Waals surface area (Å²) in [6, 6.07) is 8.00. The Morgan fingerprint density at radius 3 is 2.16 bits per heavy atom. The van der Waals surface area contributed by atoms with Crippen LogP contribution in [0.1, 0.15) is 39.2 Å². The molecule has 0 aliphatic carbocycles. The van der Waals surface area contributed by atoms with E-state index in [0.29, 0.717) is 19.4 Å². The molecule has 0 unspecified atom stereocenters. The van der Waals surface area contributed by atoms with Crippen molar-refractivity contribution in [2.24, 2.45) is 5.14 Å². The molecule has 0 spiro atoms. The molecule has 4 nitrogen and oxygen atoms in total. The van der Waals surface area contributed by atoms with E-state index in [1.165, 1.54) is 5.56 Å². The second-order valence-corrected chi connectivity index (χ2v) is 7.43. The van der Waals surface area contributed by atoms with Crippen molar-refractivity contribution in [3.63, 3.8) is 0 Å². The Kier molecular flexibility index (Phi) is 5.38. The second kappa shape index (κ2) is 6.39. The molecule has 1 aromatic rings. The average molecular weight is 285 g/mol. The highest BCUT2D eigenvalue weighted by Crippen LogP contribution is 2.24. The summed E-state index contributed by atoms with van der Waals surface area (Å²) in [6.45, 7) is 6.99.